The Hall–Kier alpha value is -3.22. The average molecular weight is 732 g/mol. The Morgan fingerprint density at radius 3 is 2.66 bits per heavy atom. The van der Waals surface area contributed by atoms with E-state index in [9.17, 15) is 26.8 Å². The first kappa shape index (κ1) is 35.2. The van der Waals surface area contributed by atoms with E-state index in [4.69, 9.17) is 21.1 Å². The van der Waals surface area contributed by atoms with Crippen LogP contribution in [0.25, 0.3) is 0 Å². The fraction of sp³-hybridized carbons (Fsp3) is 0.568. The summed E-state index contributed by atoms with van der Waals surface area (Å²) < 4.78 is 69.6. The number of methoxy groups -OCH3 is 1. The van der Waals surface area contributed by atoms with Crippen molar-refractivity contribution < 1.29 is 36.3 Å². The van der Waals surface area contributed by atoms with Crippen LogP contribution >= 0.6 is 11.6 Å². The maximum atomic E-state index is 13.9. The van der Waals surface area contributed by atoms with E-state index in [-0.39, 0.29) is 34.7 Å². The largest absolute Gasteiger partial charge is 0.490 e. The van der Waals surface area contributed by atoms with Crippen LogP contribution in [0.2, 0.25) is 5.02 Å². The van der Waals surface area contributed by atoms with E-state index in [1.54, 1.807) is 26.2 Å². The van der Waals surface area contributed by atoms with Gasteiger partial charge in [0.2, 0.25) is 11.8 Å². The molecule has 270 valence electrons. The molecule has 3 heterocycles. The van der Waals surface area contributed by atoms with Crippen LogP contribution in [-0.2, 0) is 36.2 Å². The number of aryl methyl sites for hydroxylation is 1. The fourth-order valence-electron chi connectivity index (χ4n) is 8.61. The summed E-state index contributed by atoms with van der Waals surface area (Å²) in [7, 11) is -2.69. The van der Waals surface area contributed by atoms with Gasteiger partial charge in [-0.15, -0.1) is 0 Å². The number of alkyl halides is 2. The molecule has 2 amide bonds. The number of sulfonamides is 1. The zero-order chi connectivity index (χ0) is 35.4. The van der Waals surface area contributed by atoms with E-state index in [0.717, 1.165) is 37.0 Å². The van der Waals surface area contributed by atoms with Crippen molar-refractivity contribution in [3.05, 3.63) is 64.7 Å². The quantitative estimate of drug-likeness (QED) is 0.402. The van der Waals surface area contributed by atoms with Gasteiger partial charge >= 0.3 is 0 Å². The van der Waals surface area contributed by atoms with Crippen LogP contribution in [0.15, 0.2) is 53.4 Å². The summed E-state index contributed by atoms with van der Waals surface area (Å²) in [5.74, 6) is -4.88. The number of anilines is 1. The second kappa shape index (κ2) is 13.4. The Morgan fingerprint density at radius 1 is 1.14 bits per heavy atom. The molecule has 6 atom stereocenters. The second-order valence-electron chi connectivity index (χ2n) is 15.0. The van der Waals surface area contributed by atoms with Crippen molar-refractivity contribution in [3.8, 4) is 5.75 Å². The predicted octanol–water partition coefficient (Wildman–Crippen LogP) is 5.74. The maximum Gasteiger partial charge on any atom is 0.282 e. The Morgan fingerprint density at radius 2 is 1.94 bits per heavy atom. The molecule has 3 aliphatic heterocycles. The highest BCUT2D eigenvalue weighted by molar-refractivity contribution is 7.90. The van der Waals surface area contributed by atoms with Crippen LogP contribution < -0.4 is 14.4 Å². The molecule has 1 spiro atoms. The third kappa shape index (κ3) is 6.75. The first-order chi connectivity index (χ1) is 23.8. The average Bonchev–Trinajstić information content (AvgIpc) is 3.19. The highest BCUT2D eigenvalue weighted by Crippen LogP contribution is 2.47. The Kier molecular flexibility index (Phi) is 9.43. The topological polar surface area (TPSA) is 105 Å². The Labute approximate surface area is 297 Å². The summed E-state index contributed by atoms with van der Waals surface area (Å²) in [5, 5.41) is 0.694. The van der Waals surface area contributed by atoms with Gasteiger partial charge in [0, 0.05) is 37.1 Å². The summed E-state index contributed by atoms with van der Waals surface area (Å²) in [6.45, 7) is 2.05. The Bertz CT molecular complexity index is 1800. The van der Waals surface area contributed by atoms with Crippen LogP contribution in [-0.4, -0.2) is 77.1 Å². The maximum absolute atomic E-state index is 13.9. The number of hydrogen-bond acceptors (Lipinski definition) is 7. The van der Waals surface area contributed by atoms with Crippen LogP contribution in [0, 0.1) is 23.7 Å². The molecular formula is C37H44ClF2N3O6S. The Balaban J connectivity index is 1.26. The minimum Gasteiger partial charge on any atom is -0.490 e. The van der Waals surface area contributed by atoms with Gasteiger partial charge in [-0.25, -0.2) is 21.9 Å². The zero-order valence-electron chi connectivity index (χ0n) is 28.4. The normalized spacial score (nSPS) is 32.3. The number of halogens is 3. The van der Waals surface area contributed by atoms with Crippen molar-refractivity contribution >= 4 is 39.1 Å². The molecule has 7 rings (SSSR count). The number of nitrogens with zero attached hydrogens (tertiary/aromatic N) is 2. The lowest BCUT2D eigenvalue weighted by molar-refractivity contribution is -0.167. The first-order valence-corrected chi connectivity index (χ1v) is 19.4. The molecule has 5 aliphatic rings. The number of carbonyl (C=O) groups excluding carboxylic acids is 2. The van der Waals surface area contributed by atoms with Gasteiger partial charge in [-0.2, -0.15) is 0 Å². The number of amides is 2. The monoisotopic (exact) mass is 731 g/mol. The zero-order valence-corrected chi connectivity index (χ0v) is 29.9. The van der Waals surface area contributed by atoms with Gasteiger partial charge in [0.15, 0.2) is 0 Å². The van der Waals surface area contributed by atoms with Gasteiger partial charge < -0.3 is 19.3 Å². The number of benzene rings is 2. The molecular weight excluding hydrogens is 688 g/mol. The van der Waals surface area contributed by atoms with Crippen molar-refractivity contribution in [1.82, 2.24) is 9.62 Å². The predicted molar refractivity (Wildman–Crippen MR) is 185 cm³/mol. The molecule has 1 saturated carbocycles. The summed E-state index contributed by atoms with van der Waals surface area (Å²) in [4.78, 5) is 29.9. The van der Waals surface area contributed by atoms with E-state index in [1.807, 2.05) is 24.3 Å². The van der Waals surface area contributed by atoms with Gasteiger partial charge in [0.05, 0.1) is 42.3 Å². The van der Waals surface area contributed by atoms with Gasteiger partial charge in [-0.05, 0) is 97.7 Å². The van der Waals surface area contributed by atoms with Crippen molar-refractivity contribution in [1.29, 1.82) is 0 Å². The molecule has 9 nitrogen and oxygen atoms in total. The number of allylic oxidation sites excluding steroid dienone is 1. The van der Waals surface area contributed by atoms with Gasteiger partial charge in [-0.1, -0.05) is 36.7 Å². The van der Waals surface area contributed by atoms with Crippen LogP contribution in [0.4, 0.5) is 14.5 Å². The van der Waals surface area contributed by atoms with Crippen molar-refractivity contribution in [2.45, 2.75) is 74.2 Å². The smallest absolute Gasteiger partial charge is 0.282 e. The number of hydrogen-bond donors (Lipinski definition) is 1. The van der Waals surface area contributed by atoms with Crippen molar-refractivity contribution in [2.75, 3.05) is 44.8 Å². The lowest BCUT2D eigenvalue weighted by Gasteiger charge is -2.46. The highest BCUT2D eigenvalue weighted by atomic mass is 35.5. The molecule has 1 N–H and O–H groups in total. The number of carbonyl (C=O) groups is 2. The molecule has 0 unspecified atom stereocenters. The molecule has 2 fully saturated rings. The van der Waals surface area contributed by atoms with Gasteiger partial charge in [0.1, 0.15) is 5.75 Å². The fourth-order valence-corrected chi connectivity index (χ4v) is 9.85. The SMILES string of the molecule is CO[C@@H]1/C=C/C[C@H](C)[C@@H](CC(=O)N2CC(F)(F)C2)C(=O)NS(=O)(=O)c2ccc3c(c2)N(C[C@@H]2CC[C@H]21)C[C@@]1(CCCc2cc(Cl)ccc21)CO3. The summed E-state index contributed by atoms with van der Waals surface area (Å²) in [5.41, 5.74) is 2.70. The third-order valence-corrected chi connectivity index (χ3v) is 13.2. The van der Waals surface area contributed by atoms with Crippen LogP contribution in [0.1, 0.15) is 56.6 Å². The molecule has 2 aromatic rings. The van der Waals surface area contributed by atoms with Crippen molar-refractivity contribution in [3.63, 3.8) is 0 Å². The van der Waals surface area contributed by atoms with E-state index in [1.165, 1.54) is 17.2 Å². The van der Waals surface area contributed by atoms with Crippen molar-refractivity contribution in [2.24, 2.45) is 23.7 Å². The minimum absolute atomic E-state index is 0.1000. The molecule has 2 bridgehead atoms. The van der Waals surface area contributed by atoms with E-state index in [2.05, 4.69) is 15.7 Å². The molecule has 2 aromatic carbocycles. The summed E-state index contributed by atoms with van der Waals surface area (Å²) in [6.07, 6.45) is 8.50. The molecule has 50 heavy (non-hydrogen) atoms. The standard InChI is InChI=1S/C37H44ClF2N3O6S/c1-23-5-3-7-32(48-2)28-11-8-25(28)18-42-19-36(14-4-6-24-15-26(38)9-12-30(24)36)22-49-33-13-10-27(16-31(33)42)50(46,47)41-35(45)29(23)17-34(44)43-20-37(39,40)21-43/h3,7,9-10,12-13,15-16,23,25,28-29,32H,4-6,8,11,14,17-22H2,1-2H3,(H,41,45)/b7-3+/t23-,25-,28+,29+,32+,36-/m0/s1. The lowest BCUT2D eigenvalue weighted by Crippen LogP contribution is -2.59. The van der Waals surface area contributed by atoms with E-state index in [0.29, 0.717) is 42.6 Å². The van der Waals surface area contributed by atoms with E-state index >= 15 is 0 Å². The number of ether oxygens (including phenoxy) is 2. The minimum atomic E-state index is -4.38. The van der Waals surface area contributed by atoms with E-state index < -0.39 is 52.7 Å². The molecule has 0 radical (unpaired) electrons. The van der Waals surface area contributed by atoms with Gasteiger partial charge in [-0.3, -0.25) is 9.59 Å². The molecule has 0 aromatic heterocycles. The number of likely N-dealkylation sites (tertiary alicyclic amines) is 1. The first-order valence-electron chi connectivity index (χ1n) is 17.5. The third-order valence-electron chi connectivity index (χ3n) is 11.6. The van der Waals surface area contributed by atoms with Crippen LogP contribution in [0.3, 0.4) is 0 Å². The van der Waals surface area contributed by atoms with Crippen LogP contribution in [0.5, 0.6) is 5.75 Å². The number of rotatable bonds is 3. The highest BCUT2D eigenvalue weighted by Gasteiger charge is 2.48. The molecule has 13 heteroatoms. The summed E-state index contributed by atoms with van der Waals surface area (Å²) >= 11 is 6.41. The van der Waals surface area contributed by atoms with Gasteiger partial charge in [0.25, 0.3) is 15.9 Å². The molecule has 1 saturated heterocycles. The second-order valence-corrected chi connectivity index (χ2v) is 17.1. The lowest BCUT2D eigenvalue weighted by atomic mass is 9.68. The summed E-state index contributed by atoms with van der Waals surface area (Å²) in [6, 6.07) is 10.7. The molecule has 2 aliphatic carbocycles. The number of nitrogens with one attached hydrogen (secondary N) is 1. The number of fused-ring (bicyclic) bond motifs is 4.